The first-order valence-electron chi connectivity index (χ1n) is 7.95. The molecule has 5 heteroatoms. The predicted octanol–water partition coefficient (Wildman–Crippen LogP) is 3.81. The van der Waals surface area contributed by atoms with Crippen LogP contribution in [0, 0.1) is 0 Å². The van der Waals surface area contributed by atoms with E-state index < -0.39 is 0 Å². The lowest BCUT2D eigenvalue weighted by Crippen LogP contribution is -2.43. The van der Waals surface area contributed by atoms with Gasteiger partial charge < -0.3 is 14.6 Å². The molecule has 1 aromatic carbocycles. The fraction of sp³-hybridized carbons (Fsp3) is 0.389. The number of piperidine rings is 1. The zero-order valence-electron chi connectivity index (χ0n) is 13.2. The standard InChI is InChI=1S/C18H21BrN2O2/c1-13(22)21-9-7-16(8-10-21)20-12-17-5-6-18(23-17)14-3-2-4-15(19)11-14/h2-6,11,16,20H,7-10,12H2,1H3. The minimum absolute atomic E-state index is 0.174. The Morgan fingerprint density at radius 2 is 2.09 bits per heavy atom. The summed E-state index contributed by atoms with van der Waals surface area (Å²) < 4.78 is 6.97. The van der Waals surface area contributed by atoms with E-state index >= 15 is 0 Å². The molecule has 0 unspecified atom stereocenters. The quantitative estimate of drug-likeness (QED) is 0.882. The van der Waals surface area contributed by atoms with E-state index in [-0.39, 0.29) is 5.91 Å². The molecule has 0 atom stereocenters. The van der Waals surface area contributed by atoms with Gasteiger partial charge in [-0.2, -0.15) is 0 Å². The summed E-state index contributed by atoms with van der Waals surface area (Å²) in [6.45, 7) is 4.04. The summed E-state index contributed by atoms with van der Waals surface area (Å²) in [4.78, 5) is 13.2. The van der Waals surface area contributed by atoms with Gasteiger partial charge in [-0.05, 0) is 37.1 Å². The summed E-state index contributed by atoms with van der Waals surface area (Å²) in [5.41, 5.74) is 1.07. The average molecular weight is 377 g/mol. The van der Waals surface area contributed by atoms with Crippen molar-refractivity contribution in [2.24, 2.45) is 0 Å². The zero-order valence-corrected chi connectivity index (χ0v) is 14.8. The van der Waals surface area contributed by atoms with E-state index in [2.05, 4.69) is 21.2 Å². The van der Waals surface area contributed by atoms with Gasteiger partial charge in [0.25, 0.3) is 0 Å². The molecule has 1 N–H and O–H groups in total. The number of benzene rings is 1. The molecular weight excluding hydrogens is 356 g/mol. The van der Waals surface area contributed by atoms with Crippen LogP contribution in [0.2, 0.25) is 0 Å². The third kappa shape index (κ3) is 4.24. The van der Waals surface area contributed by atoms with Crippen LogP contribution in [0.1, 0.15) is 25.5 Å². The number of likely N-dealkylation sites (tertiary alicyclic amines) is 1. The van der Waals surface area contributed by atoms with Gasteiger partial charge in [0.2, 0.25) is 5.91 Å². The molecule has 0 aliphatic carbocycles. The van der Waals surface area contributed by atoms with E-state index in [4.69, 9.17) is 4.42 Å². The second kappa shape index (κ2) is 7.32. The molecule has 2 heterocycles. The highest BCUT2D eigenvalue weighted by atomic mass is 79.9. The fourth-order valence-corrected chi connectivity index (χ4v) is 3.31. The van der Waals surface area contributed by atoms with Gasteiger partial charge in [0.05, 0.1) is 6.54 Å². The van der Waals surface area contributed by atoms with Crippen LogP contribution in [0.3, 0.4) is 0 Å². The molecule has 0 radical (unpaired) electrons. The van der Waals surface area contributed by atoms with Crippen molar-refractivity contribution in [1.82, 2.24) is 10.2 Å². The lowest BCUT2D eigenvalue weighted by atomic mass is 10.1. The third-order valence-corrected chi connectivity index (χ3v) is 4.77. The van der Waals surface area contributed by atoms with Crippen LogP contribution in [0.4, 0.5) is 0 Å². The third-order valence-electron chi connectivity index (χ3n) is 4.28. The monoisotopic (exact) mass is 376 g/mol. The number of furan rings is 1. The number of carbonyl (C=O) groups excluding carboxylic acids is 1. The highest BCUT2D eigenvalue weighted by Crippen LogP contribution is 2.25. The Hall–Kier alpha value is -1.59. The summed E-state index contributed by atoms with van der Waals surface area (Å²) in [5, 5.41) is 3.53. The summed E-state index contributed by atoms with van der Waals surface area (Å²) in [6.07, 6.45) is 2.00. The molecule has 0 spiro atoms. The smallest absolute Gasteiger partial charge is 0.219 e. The Morgan fingerprint density at radius 1 is 1.30 bits per heavy atom. The molecule has 1 aromatic heterocycles. The van der Waals surface area contributed by atoms with E-state index in [0.29, 0.717) is 6.04 Å². The lowest BCUT2D eigenvalue weighted by molar-refractivity contribution is -0.129. The van der Waals surface area contributed by atoms with E-state index in [1.165, 1.54) is 0 Å². The van der Waals surface area contributed by atoms with Crippen molar-refractivity contribution >= 4 is 21.8 Å². The van der Waals surface area contributed by atoms with Gasteiger partial charge in [0.1, 0.15) is 11.5 Å². The Balaban J connectivity index is 1.53. The normalized spacial score (nSPS) is 15.8. The Labute approximate surface area is 145 Å². The molecule has 4 nitrogen and oxygen atoms in total. The summed E-state index contributed by atoms with van der Waals surface area (Å²) >= 11 is 3.48. The summed E-state index contributed by atoms with van der Waals surface area (Å²) in [7, 11) is 0. The topological polar surface area (TPSA) is 45.5 Å². The second-order valence-electron chi connectivity index (χ2n) is 5.94. The molecule has 23 heavy (non-hydrogen) atoms. The number of nitrogens with zero attached hydrogens (tertiary/aromatic N) is 1. The van der Waals surface area contributed by atoms with Crippen LogP contribution in [-0.4, -0.2) is 29.9 Å². The second-order valence-corrected chi connectivity index (χ2v) is 6.85. The molecule has 1 aliphatic heterocycles. The first-order valence-corrected chi connectivity index (χ1v) is 8.74. The number of hydrogen-bond acceptors (Lipinski definition) is 3. The number of halogens is 1. The van der Waals surface area contributed by atoms with E-state index in [9.17, 15) is 4.79 Å². The fourth-order valence-electron chi connectivity index (χ4n) is 2.91. The largest absolute Gasteiger partial charge is 0.460 e. The summed E-state index contributed by atoms with van der Waals surface area (Å²) in [6, 6.07) is 12.6. The van der Waals surface area contributed by atoms with E-state index in [1.807, 2.05) is 41.3 Å². The van der Waals surface area contributed by atoms with Crippen LogP contribution < -0.4 is 5.32 Å². The van der Waals surface area contributed by atoms with Crippen LogP contribution in [0.25, 0.3) is 11.3 Å². The number of rotatable bonds is 4. The molecule has 0 bridgehead atoms. The van der Waals surface area contributed by atoms with Crippen molar-refractivity contribution in [3.63, 3.8) is 0 Å². The maximum absolute atomic E-state index is 11.3. The Bertz CT molecular complexity index is 675. The lowest BCUT2D eigenvalue weighted by Gasteiger charge is -2.31. The molecule has 3 rings (SSSR count). The van der Waals surface area contributed by atoms with Crippen molar-refractivity contribution < 1.29 is 9.21 Å². The van der Waals surface area contributed by atoms with Gasteiger partial charge in [0, 0.05) is 36.1 Å². The zero-order chi connectivity index (χ0) is 16.2. The molecule has 1 fully saturated rings. The molecule has 2 aromatic rings. The molecule has 1 saturated heterocycles. The van der Waals surface area contributed by atoms with Crippen molar-refractivity contribution in [2.45, 2.75) is 32.4 Å². The van der Waals surface area contributed by atoms with Gasteiger partial charge in [0.15, 0.2) is 0 Å². The molecular formula is C18H21BrN2O2. The number of hydrogen-bond donors (Lipinski definition) is 1. The van der Waals surface area contributed by atoms with Gasteiger partial charge in [-0.15, -0.1) is 0 Å². The highest BCUT2D eigenvalue weighted by molar-refractivity contribution is 9.10. The number of nitrogens with one attached hydrogen (secondary N) is 1. The molecule has 1 aliphatic rings. The molecule has 1 amide bonds. The summed E-state index contributed by atoms with van der Waals surface area (Å²) in [5.74, 6) is 2.00. The first kappa shape index (κ1) is 16.3. The van der Waals surface area contributed by atoms with Gasteiger partial charge in [-0.25, -0.2) is 0 Å². The van der Waals surface area contributed by atoms with Crippen molar-refractivity contribution in [1.29, 1.82) is 0 Å². The van der Waals surface area contributed by atoms with Crippen molar-refractivity contribution in [2.75, 3.05) is 13.1 Å². The predicted molar refractivity (Wildman–Crippen MR) is 94.0 cm³/mol. The van der Waals surface area contributed by atoms with Crippen LogP contribution in [0.5, 0.6) is 0 Å². The Morgan fingerprint density at radius 3 is 2.78 bits per heavy atom. The number of amides is 1. The maximum atomic E-state index is 11.3. The number of carbonyl (C=O) groups is 1. The molecule has 122 valence electrons. The van der Waals surface area contributed by atoms with Crippen LogP contribution >= 0.6 is 15.9 Å². The van der Waals surface area contributed by atoms with Crippen molar-refractivity contribution in [3.05, 3.63) is 46.6 Å². The van der Waals surface area contributed by atoms with E-state index in [0.717, 1.165) is 54.0 Å². The average Bonchev–Trinajstić information content (AvgIpc) is 3.02. The Kier molecular flexibility index (Phi) is 5.18. The minimum Gasteiger partial charge on any atom is -0.460 e. The van der Waals surface area contributed by atoms with E-state index in [1.54, 1.807) is 6.92 Å². The van der Waals surface area contributed by atoms with Gasteiger partial charge in [-0.3, -0.25) is 4.79 Å². The molecule has 0 saturated carbocycles. The SMILES string of the molecule is CC(=O)N1CCC(NCc2ccc(-c3cccc(Br)c3)o2)CC1. The van der Waals surface area contributed by atoms with Crippen molar-refractivity contribution in [3.8, 4) is 11.3 Å². The van der Waals surface area contributed by atoms with Gasteiger partial charge >= 0.3 is 0 Å². The maximum Gasteiger partial charge on any atom is 0.219 e. The van der Waals surface area contributed by atoms with Crippen LogP contribution in [-0.2, 0) is 11.3 Å². The minimum atomic E-state index is 0.174. The highest BCUT2D eigenvalue weighted by Gasteiger charge is 2.20. The van der Waals surface area contributed by atoms with Crippen LogP contribution in [0.15, 0.2) is 45.3 Å². The first-order chi connectivity index (χ1) is 11.1. The van der Waals surface area contributed by atoms with Gasteiger partial charge in [-0.1, -0.05) is 28.1 Å².